The van der Waals surface area contributed by atoms with E-state index in [2.05, 4.69) is 29.1 Å². The zero-order valence-corrected chi connectivity index (χ0v) is 12.8. The molecule has 4 heteroatoms. The van der Waals surface area contributed by atoms with Crippen molar-refractivity contribution >= 4 is 17.0 Å². The van der Waals surface area contributed by atoms with Gasteiger partial charge in [-0.3, -0.25) is 0 Å². The normalized spacial score (nSPS) is 10.8. The number of ether oxygens (including phenoxy) is 1. The Bertz CT molecular complexity index is 643. The summed E-state index contributed by atoms with van der Waals surface area (Å²) in [6.45, 7) is 8.75. The van der Waals surface area contributed by atoms with Gasteiger partial charge in [0, 0.05) is 18.5 Å². The van der Waals surface area contributed by atoms with Gasteiger partial charge in [0.15, 0.2) is 0 Å². The Hall–Kier alpha value is -2.10. The maximum Gasteiger partial charge on any atom is 0.333 e. The molecule has 112 valence electrons. The number of hydrogen-bond acceptors (Lipinski definition) is 3. The third kappa shape index (κ3) is 3.72. The molecular formula is C17H22N2O2. The molecule has 2 rings (SSSR count). The topological polar surface area (TPSA) is 44.1 Å². The van der Waals surface area contributed by atoms with Crippen LogP contribution >= 0.6 is 0 Å². The van der Waals surface area contributed by atoms with Crippen LogP contribution in [-0.2, 0) is 22.5 Å². The molecule has 0 saturated heterocycles. The zero-order valence-electron chi connectivity index (χ0n) is 12.8. The molecule has 0 N–H and O–H groups in total. The summed E-state index contributed by atoms with van der Waals surface area (Å²) in [5, 5.41) is 0. The first-order valence-electron chi connectivity index (χ1n) is 7.40. The van der Waals surface area contributed by atoms with Gasteiger partial charge in [0.25, 0.3) is 0 Å². The van der Waals surface area contributed by atoms with Crippen LogP contribution in [0, 0.1) is 0 Å². The summed E-state index contributed by atoms with van der Waals surface area (Å²) in [6, 6.07) is 8.17. The summed E-state index contributed by atoms with van der Waals surface area (Å²) < 4.78 is 7.38. The van der Waals surface area contributed by atoms with Crippen LogP contribution in [0.25, 0.3) is 11.0 Å². The molecule has 21 heavy (non-hydrogen) atoms. The molecule has 0 aliphatic carbocycles. The standard InChI is InChI=1S/C17H22N2O2/c1-4-11-19-15-9-6-5-8-14(15)18-16(19)10-7-12-21-17(20)13(2)3/h5-6,8-9H,2,4,7,10-12H2,1,3H3. The van der Waals surface area contributed by atoms with Crippen molar-refractivity contribution in [1.82, 2.24) is 9.55 Å². The highest BCUT2D eigenvalue weighted by Crippen LogP contribution is 2.17. The van der Waals surface area contributed by atoms with Crippen LogP contribution in [0.1, 0.15) is 32.5 Å². The number of carbonyl (C=O) groups is 1. The first-order valence-corrected chi connectivity index (χ1v) is 7.40. The Balaban J connectivity index is 2.02. The molecule has 0 unspecified atom stereocenters. The highest BCUT2D eigenvalue weighted by atomic mass is 16.5. The lowest BCUT2D eigenvalue weighted by Crippen LogP contribution is -2.09. The van der Waals surface area contributed by atoms with Crippen molar-refractivity contribution in [3.05, 3.63) is 42.2 Å². The molecule has 1 aromatic carbocycles. The smallest absolute Gasteiger partial charge is 0.333 e. The first-order chi connectivity index (χ1) is 10.1. The lowest BCUT2D eigenvalue weighted by Gasteiger charge is -2.08. The van der Waals surface area contributed by atoms with Crippen molar-refractivity contribution in [3.63, 3.8) is 0 Å². The summed E-state index contributed by atoms with van der Waals surface area (Å²) in [5.74, 6) is 0.737. The second kappa shape index (κ2) is 7.07. The van der Waals surface area contributed by atoms with Crippen molar-refractivity contribution in [1.29, 1.82) is 0 Å². The molecular weight excluding hydrogens is 264 g/mol. The van der Waals surface area contributed by atoms with Gasteiger partial charge in [-0.05, 0) is 31.9 Å². The van der Waals surface area contributed by atoms with Crippen molar-refractivity contribution in [2.45, 2.75) is 39.7 Å². The first kappa shape index (κ1) is 15.3. The second-order valence-corrected chi connectivity index (χ2v) is 5.19. The molecule has 0 atom stereocenters. The summed E-state index contributed by atoms with van der Waals surface area (Å²) in [6.07, 6.45) is 2.64. The highest BCUT2D eigenvalue weighted by Gasteiger charge is 2.10. The Kier molecular flexibility index (Phi) is 5.14. The Morgan fingerprint density at radius 2 is 2.14 bits per heavy atom. The van der Waals surface area contributed by atoms with Gasteiger partial charge in [-0.2, -0.15) is 0 Å². The largest absolute Gasteiger partial charge is 0.462 e. The average Bonchev–Trinajstić information content (AvgIpc) is 2.82. The van der Waals surface area contributed by atoms with Crippen molar-refractivity contribution < 1.29 is 9.53 Å². The van der Waals surface area contributed by atoms with E-state index in [-0.39, 0.29) is 5.97 Å². The Morgan fingerprint density at radius 3 is 2.86 bits per heavy atom. The van der Waals surface area contributed by atoms with E-state index in [0.717, 1.165) is 37.1 Å². The third-order valence-electron chi connectivity index (χ3n) is 3.31. The van der Waals surface area contributed by atoms with Crippen LogP contribution in [0.15, 0.2) is 36.4 Å². The van der Waals surface area contributed by atoms with E-state index in [0.29, 0.717) is 12.2 Å². The van der Waals surface area contributed by atoms with Gasteiger partial charge in [-0.1, -0.05) is 25.6 Å². The number of aryl methyl sites for hydroxylation is 2. The molecule has 0 fully saturated rings. The van der Waals surface area contributed by atoms with Crippen LogP contribution in [-0.4, -0.2) is 22.1 Å². The number of nitrogens with zero attached hydrogens (tertiary/aromatic N) is 2. The Morgan fingerprint density at radius 1 is 1.38 bits per heavy atom. The van der Waals surface area contributed by atoms with E-state index in [1.807, 2.05) is 18.2 Å². The van der Waals surface area contributed by atoms with E-state index in [4.69, 9.17) is 4.74 Å². The van der Waals surface area contributed by atoms with Crippen molar-refractivity contribution in [3.8, 4) is 0 Å². The zero-order chi connectivity index (χ0) is 15.2. The SMILES string of the molecule is C=C(C)C(=O)OCCCc1nc2ccccc2n1CCC. The minimum atomic E-state index is -0.322. The van der Waals surface area contributed by atoms with Crippen LogP contribution in [0.5, 0.6) is 0 Å². The van der Waals surface area contributed by atoms with Crippen LogP contribution in [0.3, 0.4) is 0 Å². The fourth-order valence-corrected chi connectivity index (χ4v) is 2.31. The van der Waals surface area contributed by atoms with Crippen LogP contribution in [0.4, 0.5) is 0 Å². The van der Waals surface area contributed by atoms with Gasteiger partial charge in [0.2, 0.25) is 0 Å². The van der Waals surface area contributed by atoms with Crippen molar-refractivity contribution in [2.24, 2.45) is 0 Å². The average molecular weight is 286 g/mol. The van der Waals surface area contributed by atoms with Crippen molar-refractivity contribution in [2.75, 3.05) is 6.61 Å². The minimum Gasteiger partial charge on any atom is -0.462 e. The number of fused-ring (bicyclic) bond motifs is 1. The monoisotopic (exact) mass is 286 g/mol. The molecule has 1 aromatic heterocycles. The highest BCUT2D eigenvalue weighted by molar-refractivity contribution is 5.86. The summed E-state index contributed by atoms with van der Waals surface area (Å²) in [7, 11) is 0. The maximum absolute atomic E-state index is 11.3. The van der Waals surface area contributed by atoms with Gasteiger partial charge in [0.05, 0.1) is 17.6 Å². The fraction of sp³-hybridized carbons (Fsp3) is 0.412. The van der Waals surface area contributed by atoms with Crippen LogP contribution < -0.4 is 0 Å². The van der Waals surface area contributed by atoms with E-state index in [1.165, 1.54) is 5.52 Å². The van der Waals surface area contributed by atoms with E-state index < -0.39 is 0 Å². The molecule has 0 spiro atoms. The van der Waals surface area contributed by atoms with Gasteiger partial charge in [-0.15, -0.1) is 0 Å². The summed E-state index contributed by atoms with van der Waals surface area (Å²) in [5.41, 5.74) is 2.64. The minimum absolute atomic E-state index is 0.322. The molecule has 0 radical (unpaired) electrons. The molecule has 1 heterocycles. The fourth-order valence-electron chi connectivity index (χ4n) is 2.31. The molecule has 0 bridgehead atoms. The molecule has 2 aromatic rings. The number of para-hydroxylation sites is 2. The van der Waals surface area contributed by atoms with Gasteiger partial charge in [-0.25, -0.2) is 9.78 Å². The molecule has 0 aliphatic rings. The molecule has 4 nitrogen and oxygen atoms in total. The van der Waals surface area contributed by atoms with Gasteiger partial charge < -0.3 is 9.30 Å². The van der Waals surface area contributed by atoms with Gasteiger partial charge in [0.1, 0.15) is 5.82 Å². The number of esters is 1. The van der Waals surface area contributed by atoms with Gasteiger partial charge >= 0.3 is 5.97 Å². The number of aromatic nitrogens is 2. The van der Waals surface area contributed by atoms with Crippen LogP contribution in [0.2, 0.25) is 0 Å². The molecule has 0 saturated carbocycles. The lowest BCUT2D eigenvalue weighted by molar-refractivity contribution is -0.139. The molecule has 0 aliphatic heterocycles. The lowest BCUT2D eigenvalue weighted by atomic mass is 10.3. The predicted molar refractivity (Wildman–Crippen MR) is 84.1 cm³/mol. The number of benzene rings is 1. The predicted octanol–water partition coefficient (Wildman–Crippen LogP) is 3.50. The molecule has 0 amide bonds. The number of carbonyl (C=O) groups excluding carboxylic acids is 1. The maximum atomic E-state index is 11.3. The quantitative estimate of drug-likeness (QED) is 0.444. The number of rotatable bonds is 7. The Labute approximate surface area is 125 Å². The number of hydrogen-bond donors (Lipinski definition) is 0. The third-order valence-corrected chi connectivity index (χ3v) is 3.31. The number of imidazole rings is 1. The second-order valence-electron chi connectivity index (χ2n) is 5.19. The van der Waals surface area contributed by atoms with E-state index in [1.54, 1.807) is 6.92 Å². The summed E-state index contributed by atoms with van der Waals surface area (Å²) >= 11 is 0. The van der Waals surface area contributed by atoms with E-state index >= 15 is 0 Å². The summed E-state index contributed by atoms with van der Waals surface area (Å²) in [4.78, 5) is 16.0. The van der Waals surface area contributed by atoms with E-state index in [9.17, 15) is 4.79 Å².